The highest BCUT2D eigenvalue weighted by Crippen LogP contribution is 2.63. The summed E-state index contributed by atoms with van der Waals surface area (Å²) in [6.07, 6.45) is -22.3. The zero-order chi connectivity index (χ0) is 93.6. The highest BCUT2D eigenvalue weighted by atomic mass is 32.2. The van der Waals surface area contributed by atoms with Gasteiger partial charge >= 0.3 is 92.6 Å². The van der Waals surface area contributed by atoms with E-state index in [2.05, 4.69) is 18.9 Å². The highest BCUT2D eigenvalue weighted by molar-refractivity contribution is 8.01. The van der Waals surface area contributed by atoms with Crippen LogP contribution in [0.2, 0.25) is 0 Å². The normalized spacial score (nSPS) is 31.9. The van der Waals surface area contributed by atoms with Gasteiger partial charge in [-0.15, -0.1) is 11.8 Å². The second-order valence-corrected chi connectivity index (χ2v) is 40.5. The summed E-state index contributed by atoms with van der Waals surface area (Å²) in [6, 6.07) is 0. The number of aliphatic hydroxyl groups is 4. The molecule has 0 aromatic carbocycles. The van der Waals surface area contributed by atoms with Gasteiger partial charge in [0.15, 0.2) is 89.3 Å². The lowest BCUT2D eigenvalue weighted by atomic mass is 9.71. The topological polar surface area (TPSA) is 635 Å². The monoisotopic (exact) mass is 1880 g/mol. The van der Waals surface area contributed by atoms with Crippen LogP contribution in [0.5, 0.6) is 0 Å². The van der Waals surface area contributed by atoms with Crippen molar-refractivity contribution >= 4 is 124 Å². The van der Waals surface area contributed by atoms with E-state index in [0.29, 0.717) is 34.1 Å². The predicted octanol–water partition coefficient (Wildman–Crippen LogP) is 0.429. The number of carbonyl (C=O) groups excluding carboxylic acids is 12. The molecule has 0 radical (unpaired) electrons. The summed E-state index contributed by atoms with van der Waals surface area (Å²) in [4.78, 5) is 144. The van der Waals surface area contributed by atoms with Crippen molar-refractivity contribution < 1.29 is 227 Å². The Labute approximate surface area is 699 Å². The summed E-state index contributed by atoms with van der Waals surface area (Å²) < 4.78 is 298. The number of ether oxygens (including phenoxy) is 13. The number of rotatable bonds is 32. The smallest absolute Gasteiger partial charge is 0.369 e. The number of halogens is 8. The first-order chi connectivity index (χ1) is 55.7. The zero-order valence-electron chi connectivity index (χ0n) is 66.7. The van der Waals surface area contributed by atoms with Crippen molar-refractivity contribution in [1.82, 2.24) is 0 Å². The fraction of sp³-hybridized carbons (Fsp3) is 0.826. The molecular weight excluding hydrogens is 1800 g/mol. The molecule has 3 saturated carbocycles. The number of alkyl halides is 8. The van der Waals surface area contributed by atoms with E-state index in [-0.39, 0.29) is 29.9 Å². The van der Waals surface area contributed by atoms with Crippen LogP contribution in [-0.4, -0.2) is 283 Å². The van der Waals surface area contributed by atoms with Gasteiger partial charge in [-0.05, 0) is 95.9 Å². The Morgan fingerprint density at radius 2 is 0.724 bits per heavy atom. The van der Waals surface area contributed by atoms with Crippen LogP contribution in [0.4, 0.5) is 35.1 Å². The predicted molar refractivity (Wildman–Crippen MR) is 375 cm³/mol. The molecule has 41 nitrogen and oxygen atoms in total. The molecule has 3 aliphatic carbocycles. The van der Waals surface area contributed by atoms with Gasteiger partial charge in [0.05, 0.1) is 108 Å². The Morgan fingerprint density at radius 3 is 1.11 bits per heavy atom. The largest absolute Gasteiger partial charge is 0.743 e. The average Bonchev–Trinajstić information content (AvgIpc) is 1.55. The van der Waals surface area contributed by atoms with E-state index in [0.717, 1.165) is 0 Å². The molecule has 700 valence electrons. The lowest BCUT2D eigenvalue weighted by Crippen LogP contribution is -2.52. The van der Waals surface area contributed by atoms with E-state index < -0.39 is 345 Å². The van der Waals surface area contributed by atoms with E-state index in [1.54, 1.807) is 27.7 Å². The lowest BCUT2D eigenvalue weighted by molar-refractivity contribution is -0.168. The van der Waals surface area contributed by atoms with Crippen LogP contribution in [0.15, 0.2) is 0 Å². The maximum absolute atomic E-state index is 13.4. The molecule has 11 fully saturated rings. The third kappa shape index (κ3) is 21.5. The maximum atomic E-state index is 13.4. The van der Waals surface area contributed by atoms with Gasteiger partial charge < -0.3 is 100 Å². The summed E-state index contributed by atoms with van der Waals surface area (Å²) in [5.41, 5.74) is -5.01. The molecular formula is C69H88F8O41S5-4. The Bertz CT molecular complexity index is 4240. The average molecular weight is 1890 g/mol. The van der Waals surface area contributed by atoms with Crippen LogP contribution >= 0.6 is 11.8 Å². The molecule has 11 aliphatic rings. The minimum absolute atomic E-state index is 0.158. The van der Waals surface area contributed by atoms with Gasteiger partial charge in [-0.2, -0.15) is 35.1 Å². The van der Waals surface area contributed by atoms with Crippen LogP contribution < -0.4 is 0 Å². The van der Waals surface area contributed by atoms with Crippen LogP contribution in [0.25, 0.3) is 0 Å². The third-order valence-electron chi connectivity index (χ3n) is 22.8. The molecule has 26 atom stereocenters. The van der Waals surface area contributed by atoms with Crippen LogP contribution in [-0.2, 0) is 160 Å². The molecule has 0 aromatic rings. The fourth-order valence-electron chi connectivity index (χ4n) is 17.2. The number of carbonyl (C=O) groups is 12. The van der Waals surface area contributed by atoms with E-state index in [9.17, 15) is 165 Å². The molecule has 0 aromatic heterocycles. The molecule has 4 N–H and O–H groups in total. The number of fused-ring (bicyclic) bond motifs is 5. The van der Waals surface area contributed by atoms with Gasteiger partial charge in [0.1, 0.15) is 36.6 Å². The number of hydrogen-bond acceptors (Lipinski definition) is 42. The van der Waals surface area contributed by atoms with Crippen molar-refractivity contribution in [2.45, 2.75) is 293 Å². The van der Waals surface area contributed by atoms with Gasteiger partial charge in [0.2, 0.25) is 0 Å². The van der Waals surface area contributed by atoms with Gasteiger partial charge in [0, 0.05) is 41.9 Å². The lowest BCUT2D eigenvalue weighted by Gasteiger charge is -2.38. The first-order valence-corrected chi connectivity index (χ1v) is 44.2. The van der Waals surface area contributed by atoms with Crippen molar-refractivity contribution in [3.05, 3.63) is 0 Å². The zero-order valence-corrected chi connectivity index (χ0v) is 70.8. The SMILES string of the molecule is CC(OC(=O)CCC(=O)OC1C2CC3C1OC(=O)C3C2C(C)(C)O)C(F)(F)S(=O)(=O)[O-].CC(OC(=O)CCC(=O)OC1C2OC(=O)C3C2OC1C3C(C)(C)O)C(F)(F)S(=O)(=O)[O-].CC(OC(=O)CCC(=O)OC1C2OC(=O)C3C2SC1C3C(C)(C)O)C(F)(F)S(=O)(=O)[O-].CC(OC(=O)CCC(=O)OC1CC(C(C)(C)O)C2CC1OC2=O)C(F)(F)S(=O)(=O)[O-]. The standard InChI is InChI=1S/C18H24F2O10S.C17H22F2O11S.C17H22F2O10S2.C17H24F2O10S/c1-7(18(19,20)31(25,26)27)28-10(21)4-5-11(22)29-15-9-6-8-12(13(9)17(2,3)24)16(23)30-14(8)15;1-6(17(18,19)31(24,25)26)27-7(20)4-5-8(21)28-14-12-10(16(2,3)23)9-11(29-12)13(14)30-15(9)22;1-6(17(18,19)31(24,25)26)27-7(20)4-5-8(21)28-12-11-13-9(15(22)29-11)10(14(12)30-13)16(2,3)23;1-8(17(18,19)30(24,25)26)27-13(20)4-5-14(21)28-12-7-10(16(2,3)23)9-6-11(12)29-15(9)22/h7-9,12-15,24H,4-6H2,1-3H3,(H,25,26,27);2*6,9-14,23H,4-5H2,1-3H3,(H,24,25,26);8-12,23H,4-7H2,1-3H3,(H,24,25,26)/p-4. The summed E-state index contributed by atoms with van der Waals surface area (Å²) in [6.45, 7) is 14.4. The Kier molecular flexibility index (Phi) is 29.5. The van der Waals surface area contributed by atoms with Crippen molar-refractivity contribution in [3.8, 4) is 0 Å². The minimum atomic E-state index is -6.05. The molecule has 8 heterocycles. The Hall–Kier alpha value is -7.13. The first kappa shape index (κ1) is 101. The number of esters is 12. The van der Waals surface area contributed by atoms with Crippen molar-refractivity contribution in [3.63, 3.8) is 0 Å². The molecule has 8 bridgehead atoms. The molecule has 8 aliphatic heterocycles. The van der Waals surface area contributed by atoms with Crippen LogP contribution in [0, 0.1) is 59.2 Å². The van der Waals surface area contributed by atoms with Gasteiger partial charge in [0.25, 0.3) is 0 Å². The second-order valence-electron chi connectivity index (χ2n) is 33.3. The molecule has 0 spiro atoms. The van der Waals surface area contributed by atoms with Crippen molar-refractivity contribution in [1.29, 1.82) is 0 Å². The molecule has 8 saturated heterocycles. The Morgan fingerprint density at radius 1 is 0.382 bits per heavy atom. The van der Waals surface area contributed by atoms with Crippen molar-refractivity contribution in [2.24, 2.45) is 59.2 Å². The highest BCUT2D eigenvalue weighted by Gasteiger charge is 2.74. The van der Waals surface area contributed by atoms with Gasteiger partial charge in [-0.1, -0.05) is 0 Å². The number of hydrogen-bond donors (Lipinski definition) is 4. The quantitative estimate of drug-likeness (QED) is 0.0307. The van der Waals surface area contributed by atoms with Gasteiger partial charge in [-0.3, -0.25) is 57.5 Å². The van der Waals surface area contributed by atoms with Gasteiger partial charge in [-0.25, -0.2) is 33.7 Å². The van der Waals surface area contributed by atoms with E-state index >= 15 is 0 Å². The summed E-state index contributed by atoms with van der Waals surface area (Å²) in [5.74, 6) is -15.8. The van der Waals surface area contributed by atoms with E-state index in [1.165, 1.54) is 39.5 Å². The van der Waals surface area contributed by atoms with Crippen molar-refractivity contribution in [2.75, 3.05) is 0 Å². The molecule has 0 amide bonds. The molecule has 11 rings (SSSR count). The molecule has 54 heteroatoms. The van der Waals surface area contributed by atoms with Crippen LogP contribution in [0.3, 0.4) is 0 Å². The van der Waals surface area contributed by atoms with Crippen LogP contribution in [0.1, 0.15) is 154 Å². The summed E-state index contributed by atoms with van der Waals surface area (Å²) in [5, 5.41) is 21.7. The summed E-state index contributed by atoms with van der Waals surface area (Å²) >= 11 is 1.39. The third-order valence-corrected chi connectivity index (χ3v) is 28.6. The summed E-state index contributed by atoms with van der Waals surface area (Å²) in [7, 11) is -24.2. The second kappa shape index (κ2) is 35.8. The van der Waals surface area contributed by atoms with E-state index in [4.69, 9.17) is 42.6 Å². The van der Waals surface area contributed by atoms with E-state index in [1.807, 2.05) is 0 Å². The fourth-order valence-corrected chi connectivity index (χ4v) is 21.2. The Balaban J connectivity index is 0.000000204. The minimum Gasteiger partial charge on any atom is -0.743 e. The molecule has 26 unspecified atom stereocenters. The maximum Gasteiger partial charge on any atom is 0.369 e. The number of thioether (sulfide) groups is 1. The molecule has 123 heavy (non-hydrogen) atoms. The first-order valence-electron chi connectivity index (χ1n) is 37.6.